The molecule has 1 aromatic heterocycles. The number of carbonyl (C=O) groups is 1. The molecule has 134 valence electrons. The summed E-state index contributed by atoms with van der Waals surface area (Å²) < 4.78 is 10.6. The van der Waals surface area contributed by atoms with Crippen LogP contribution in [0.1, 0.15) is 21.6 Å². The first-order chi connectivity index (χ1) is 13.1. The molecule has 3 aromatic rings. The van der Waals surface area contributed by atoms with E-state index in [1.54, 1.807) is 48.6 Å². The molecule has 2 aromatic carbocycles. The number of rotatable bonds is 6. The van der Waals surface area contributed by atoms with Crippen molar-refractivity contribution in [3.8, 4) is 17.6 Å². The summed E-state index contributed by atoms with van der Waals surface area (Å²) in [5, 5.41) is 18.7. The summed E-state index contributed by atoms with van der Waals surface area (Å²) in [7, 11) is 1.52. The second-order valence-electron chi connectivity index (χ2n) is 5.61. The number of aromatic carboxylic acids is 1. The Kier molecular flexibility index (Phi) is 5.33. The van der Waals surface area contributed by atoms with E-state index in [1.165, 1.54) is 7.11 Å². The minimum Gasteiger partial charge on any atom is -0.493 e. The molecule has 0 spiro atoms. The lowest BCUT2D eigenvalue weighted by Gasteiger charge is -2.09. The Hall–Kier alpha value is -3.85. The molecular weight excluding hydrogens is 344 g/mol. The average Bonchev–Trinajstić information content (AvgIpc) is 2.70. The fraction of sp³-hybridized carbons (Fsp3) is 0.0952. The van der Waals surface area contributed by atoms with Gasteiger partial charge in [-0.05, 0) is 35.9 Å². The highest BCUT2D eigenvalue weighted by Crippen LogP contribution is 2.29. The molecule has 0 fully saturated rings. The van der Waals surface area contributed by atoms with Crippen molar-refractivity contribution in [2.24, 2.45) is 0 Å². The van der Waals surface area contributed by atoms with Gasteiger partial charge < -0.3 is 14.6 Å². The van der Waals surface area contributed by atoms with Crippen LogP contribution in [-0.2, 0) is 0 Å². The van der Waals surface area contributed by atoms with Crippen LogP contribution in [-0.4, -0.2) is 29.8 Å². The maximum Gasteiger partial charge on any atom is 0.336 e. The number of ether oxygens (including phenoxy) is 2. The summed E-state index contributed by atoms with van der Waals surface area (Å²) >= 11 is 0. The van der Waals surface area contributed by atoms with Crippen molar-refractivity contribution in [1.82, 2.24) is 4.98 Å². The van der Waals surface area contributed by atoms with Crippen molar-refractivity contribution in [3.63, 3.8) is 0 Å². The Bertz CT molecular complexity index is 1070. The number of methoxy groups -OCH3 is 1. The first kappa shape index (κ1) is 18.0. The highest BCUT2D eigenvalue weighted by Gasteiger charge is 2.10. The zero-order valence-corrected chi connectivity index (χ0v) is 14.5. The third kappa shape index (κ3) is 4.05. The Morgan fingerprint density at radius 2 is 2.00 bits per heavy atom. The normalized spacial score (nSPS) is 10.7. The fourth-order valence-electron chi connectivity index (χ4n) is 2.66. The standard InChI is InChI=1S/C21H16N2O4/c1-26-20-12-14(7-9-19(20)27-11-10-22)6-8-15-13-17(21(24)25)16-4-2-3-5-18(16)23-15/h2-9,12-13H,11H2,1H3,(H,24,25)/b8-6+. The van der Waals surface area contributed by atoms with E-state index in [1.807, 2.05) is 18.2 Å². The molecule has 0 saturated heterocycles. The third-order valence-corrected chi connectivity index (χ3v) is 3.89. The van der Waals surface area contributed by atoms with E-state index in [9.17, 15) is 9.90 Å². The van der Waals surface area contributed by atoms with E-state index >= 15 is 0 Å². The van der Waals surface area contributed by atoms with Crippen molar-refractivity contribution in [1.29, 1.82) is 5.26 Å². The number of nitriles is 1. The van der Waals surface area contributed by atoms with Crippen molar-refractivity contribution in [2.45, 2.75) is 0 Å². The van der Waals surface area contributed by atoms with E-state index in [2.05, 4.69) is 4.98 Å². The highest BCUT2D eigenvalue weighted by atomic mass is 16.5. The molecular formula is C21H16N2O4. The number of carboxylic acids is 1. The molecule has 0 aliphatic carbocycles. The van der Waals surface area contributed by atoms with E-state index in [-0.39, 0.29) is 12.2 Å². The van der Waals surface area contributed by atoms with Crippen LogP contribution in [0, 0.1) is 11.3 Å². The highest BCUT2D eigenvalue weighted by molar-refractivity contribution is 6.03. The van der Waals surface area contributed by atoms with Gasteiger partial charge in [-0.25, -0.2) is 9.78 Å². The quantitative estimate of drug-likeness (QED) is 0.714. The third-order valence-electron chi connectivity index (χ3n) is 3.89. The van der Waals surface area contributed by atoms with Crippen LogP contribution in [0.25, 0.3) is 23.1 Å². The number of carboxylic acid groups (broad SMARTS) is 1. The maximum atomic E-state index is 11.5. The molecule has 0 aliphatic heterocycles. The topological polar surface area (TPSA) is 92.4 Å². The lowest BCUT2D eigenvalue weighted by Crippen LogP contribution is -2.00. The summed E-state index contributed by atoms with van der Waals surface area (Å²) in [5.74, 6) is -0.0118. The minimum absolute atomic E-state index is 0.0650. The number of fused-ring (bicyclic) bond motifs is 1. The van der Waals surface area contributed by atoms with E-state index < -0.39 is 5.97 Å². The Morgan fingerprint density at radius 1 is 1.19 bits per heavy atom. The minimum atomic E-state index is -0.996. The maximum absolute atomic E-state index is 11.5. The zero-order chi connectivity index (χ0) is 19.2. The first-order valence-electron chi connectivity index (χ1n) is 8.11. The molecule has 1 heterocycles. The van der Waals surface area contributed by atoms with Crippen LogP contribution in [0.2, 0.25) is 0 Å². The van der Waals surface area contributed by atoms with Crippen molar-refractivity contribution >= 4 is 29.0 Å². The number of pyridine rings is 1. The SMILES string of the molecule is COc1cc(/C=C/c2cc(C(=O)O)c3ccccc3n2)ccc1OCC#N. The first-order valence-corrected chi connectivity index (χ1v) is 8.11. The summed E-state index contributed by atoms with van der Waals surface area (Å²) in [6, 6.07) is 15.9. The van der Waals surface area contributed by atoms with Crippen LogP contribution >= 0.6 is 0 Å². The van der Waals surface area contributed by atoms with Gasteiger partial charge in [0.05, 0.1) is 23.9 Å². The molecule has 0 bridgehead atoms. The number of benzene rings is 2. The molecule has 0 unspecified atom stereocenters. The summed E-state index contributed by atoms with van der Waals surface area (Å²) in [5.41, 5.74) is 2.19. The molecule has 3 rings (SSSR count). The number of para-hydroxylation sites is 1. The molecule has 0 saturated carbocycles. The van der Waals surface area contributed by atoms with Crippen LogP contribution in [0.3, 0.4) is 0 Å². The molecule has 0 radical (unpaired) electrons. The lowest BCUT2D eigenvalue weighted by molar-refractivity contribution is 0.0699. The van der Waals surface area contributed by atoms with E-state index in [4.69, 9.17) is 14.7 Å². The van der Waals surface area contributed by atoms with Gasteiger partial charge in [0.2, 0.25) is 0 Å². The molecule has 1 N–H and O–H groups in total. The average molecular weight is 360 g/mol. The van der Waals surface area contributed by atoms with Gasteiger partial charge >= 0.3 is 5.97 Å². The Labute approximate surface area is 155 Å². The lowest BCUT2D eigenvalue weighted by atomic mass is 10.1. The second kappa shape index (κ2) is 8.02. The van der Waals surface area contributed by atoms with Gasteiger partial charge in [-0.3, -0.25) is 0 Å². The van der Waals surface area contributed by atoms with Crippen molar-refractivity contribution in [2.75, 3.05) is 13.7 Å². The van der Waals surface area contributed by atoms with E-state index in [0.717, 1.165) is 5.56 Å². The number of nitrogens with zero attached hydrogens (tertiary/aromatic N) is 2. The van der Waals surface area contributed by atoms with Crippen molar-refractivity contribution < 1.29 is 19.4 Å². The van der Waals surface area contributed by atoms with Gasteiger partial charge in [-0.15, -0.1) is 0 Å². The molecule has 0 amide bonds. The van der Waals surface area contributed by atoms with Crippen LogP contribution in [0.4, 0.5) is 0 Å². The van der Waals surface area contributed by atoms with Gasteiger partial charge in [-0.2, -0.15) is 5.26 Å². The molecule has 27 heavy (non-hydrogen) atoms. The smallest absolute Gasteiger partial charge is 0.336 e. The number of hydrogen-bond donors (Lipinski definition) is 1. The van der Waals surface area contributed by atoms with Gasteiger partial charge in [-0.1, -0.05) is 30.3 Å². The van der Waals surface area contributed by atoms with Gasteiger partial charge in [0.25, 0.3) is 0 Å². The summed E-state index contributed by atoms with van der Waals surface area (Å²) in [6.45, 7) is -0.0650. The van der Waals surface area contributed by atoms with Gasteiger partial charge in [0.15, 0.2) is 18.1 Å². The zero-order valence-electron chi connectivity index (χ0n) is 14.5. The predicted octanol–water partition coefficient (Wildman–Crippen LogP) is 4.01. The monoisotopic (exact) mass is 360 g/mol. The Balaban J connectivity index is 1.94. The predicted molar refractivity (Wildman–Crippen MR) is 102 cm³/mol. The van der Waals surface area contributed by atoms with E-state index in [0.29, 0.717) is 28.1 Å². The summed E-state index contributed by atoms with van der Waals surface area (Å²) in [6.07, 6.45) is 3.54. The second-order valence-corrected chi connectivity index (χ2v) is 5.61. The van der Waals surface area contributed by atoms with Crippen LogP contribution < -0.4 is 9.47 Å². The fourth-order valence-corrected chi connectivity index (χ4v) is 2.66. The largest absolute Gasteiger partial charge is 0.493 e. The Morgan fingerprint density at radius 3 is 2.74 bits per heavy atom. The van der Waals surface area contributed by atoms with Crippen LogP contribution in [0.15, 0.2) is 48.5 Å². The number of aromatic nitrogens is 1. The van der Waals surface area contributed by atoms with Gasteiger partial charge in [0.1, 0.15) is 6.07 Å². The number of hydrogen-bond acceptors (Lipinski definition) is 5. The molecule has 0 aliphatic rings. The molecule has 0 atom stereocenters. The van der Waals surface area contributed by atoms with Crippen molar-refractivity contribution in [3.05, 3.63) is 65.4 Å². The van der Waals surface area contributed by atoms with Gasteiger partial charge in [0, 0.05) is 5.39 Å². The van der Waals surface area contributed by atoms with Crippen LogP contribution in [0.5, 0.6) is 11.5 Å². The molecule has 6 heteroatoms. The molecule has 6 nitrogen and oxygen atoms in total. The summed E-state index contributed by atoms with van der Waals surface area (Å²) in [4.78, 5) is 16.0.